The lowest BCUT2D eigenvalue weighted by molar-refractivity contribution is 0.770. The molecule has 0 radical (unpaired) electrons. The molecule has 6 heteroatoms. The zero-order valence-corrected chi connectivity index (χ0v) is 13.3. The highest BCUT2D eigenvalue weighted by atomic mass is 32.2. The van der Waals surface area contributed by atoms with Gasteiger partial charge in [-0.2, -0.15) is 5.10 Å². The third kappa shape index (κ3) is 3.28. The maximum atomic E-state index is 4.55. The van der Waals surface area contributed by atoms with Crippen LogP contribution in [0.5, 0.6) is 0 Å². The summed E-state index contributed by atoms with van der Waals surface area (Å²) in [6.07, 6.45) is 9.48. The van der Waals surface area contributed by atoms with Gasteiger partial charge in [0.15, 0.2) is 0 Å². The van der Waals surface area contributed by atoms with E-state index in [-0.39, 0.29) is 0 Å². The number of aromatic nitrogens is 4. The van der Waals surface area contributed by atoms with Gasteiger partial charge in [0.25, 0.3) is 0 Å². The van der Waals surface area contributed by atoms with E-state index in [1.54, 1.807) is 24.2 Å². The Bertz CT molecular complexity index is 737. The fraction of sp³-hybridized carbons (Fsp3) is 0.188. The lowest BCUT2D eigenvalue weighted by Crippen LogP contribution is -2.00. The molecule has 0 aliphatic carbocycles. The Morgan fingerprint density at radius 2 is 2.00 bits per heavy atom. The van der Waals surface area contributed by atoms with Crippen LogP contribution in [0.2, 0.25) is 0 Å². The van der Waals surface area contributed by atoms with E-state index in [1.807, 2.05) is 54.6 Å². The first-order valence-corrected chi connectivity index (χ1v) is 8.15. The number of thioether (sulfide) groups is 1. The first-order chi connectivity index (χ1) is 10.8. The number of pyridine rings is 2. The number of hydrogen-bond donors (Lipinski definition) is 1. The van der Waals surface area contributed by atoms with Crippen molar-refractivity contribution < 1.29 is 0 Å². The molecule has 0 bridgehead atoms. The lowest BCUT2D eigenvalue weighted by Gasteiger charge is -2.07. The van der Waals surface area contributed by atoms with Crippen LogP contribution in [0.15, 0.2) is 54.1 Å². The van der Waals surface area contributed by atoms with E-state index in [1.165, 1.54) is 0 Å². The van der Waals surface area contributed by atoms with E-state index >= 15 is 0 Å². The molecular weight excluding hydrogens is 294 g/mol. The summed E-state index contributed by atoms with van der Waals surface area (Å²) in [5, 5.41) is 8.96. The first-order valence-electron chi connectivity index (χ1n) is 6.93. The molecule has 0 aliphatic rings. The molecule has 0 saturated heterocycles. The van der Waals surface area contributed by atoms with E-state index in [4.69, 9.17) is 0 Å². The normalized spacial score (nSPS) is 10.6. The zero-order chi connectivity index (χ0) is 15.4. The Morgan fingerprint density at radius 3 is 2.68 bits per heavy atom. The minimum absolute atomic E-state index is 0.700. The molecule has 5 nitrogen and oxygen atoms in total. The Morgan fingerprint density at radius 1 is 1.18 bits per heavy atom. The van der Waals surface area contributed by atoms with Crippen LogP contribution in [-0.2, 0) is 13.6 Å². The van der Waals surface area contributed by atoms with E-state index in [0.717, 1.165) is 27.5 Å². The summed E-state index contributed by atoms with van der Waals surface area (Å²) < 4.78 is 1.84. The van der Waals surface area contributed by atoms with Crippen molar-refractivity contribution in [2.45, 2.75) is 11.6 Å². The van der Waals surface area contributed by atoms with Crippen LogP contribution in [0.25, 0.3) is 11.3 Å². The van der Waals surface area contributed by atoms with Gasteiger partial charge in [0.05, 0.1) is 22.6 Å². The molecule has 3 aromatic heterocycles. The van der Waals surface area contributed by atoms with E-state index in [0.29, 0.717) is 6.54 Å². The van der Waals surface area contributed by atoms with Crippen LogP contribution >= 0.6 is 11.8 Å². The largest absolute Gasteiger partial charge is 0.380 e. The van der Waals surface area contributed by atoms with Gasteiger partial charge >= 0.3 is 0 Å². The standard InChI is InChI=1S/C16H17N5S/c1-21-11-13(16(20-21)12-5-7-17-8-6-12)9-18-14-3-4-15(22-2)19-10-14/h3-8,10-11,18H,9H2,1-2H3. The SMILES string of the molecule is CSc1ccc(NCc2cn(C)nc2-c2ccncc2)cn1. The first kappa shape index (κ1) is 14.6. The molecule has 3 rings (SSSR count). The van der Waals surface area contributed by atoms with Gasteiger partial charge in [0.1, 0.15) is 0 Å². The number of nitrogens with zero attached hydrogens (tertiary/aromatic N) is 4. The van der Waals surface area contributed by atoms with Crippen LogP contribution in [0, 0.1) is 0 Å². The van der Waals surface area contributed by atoms with Crippen molar-refractivity contribution in [3.8, 4) is 11.3 Å². The van der Waals surface area contributed by atoms with E-state index in [2.05, 4.69) is 20.4 Å². The van der Waals surface area contributed by atoms with Crippen molar-refractivity contribution in [3.05, 3.63) is 54.6 Å². The topological polar surface area (TPSA) is 55.6 Å². The second-order valence-corrected chi connectivity index (χ2v) is 5.68. The molecule has 0 aromatic carbocycles. The average molecular weight is 311 g/mol. The van der Waals surface area contributed by atoms with Gasteiger partial charge in [-0.05, 0) is 30.5 Å². The molecular formula is C16H17N5S. The smallest absolute Gasteiger partial charge is 0.0973 e. The predicted octanol–water partition coefficient (Wildman–Crippen LogP) is 3.21. The zero-order valence-electron chi connectivity index (χ0n) is 12.5. The highest BCUT2D eigenvalue weighted by molar-refractivity contribution is 7.98. The van der Waals surface area contributed by atoms with Crippen LogP contribution < -0.4 is 5.32 Å². The Labute approximate surface area is 133 Å². The second-order valence-electron chi connectivity index (χ2n) is 4.86. The highest BCUT2D eigenvalue weighted by Gasteiger charge is 2.09. The molecule has 1 N–H and O–H groups in total. The maximum absolute atomic E-state index is 4.55. The molecule has 0 aliphatic heterocycles. The molecule has 0 amide bonds. The van der Waals surface area contributed by atoms with Crippen LogP contribution in [0.4, 0.5) is 5.69 Å². The number of hydrogen-bond acceptors (Lipinski definition) is 5. The molecule has 0 fully saturated rings. The Hall–Kier alpha value is -2.34. The third-order valence-electron chi connectivity index (χ3n) is 3.29. The van der Waals surface area contributed by atoms with Crippen LogP contribution in [-0.4, -0.2) is 26.0 Å². The second kappa shape index (κ2) is 6.62. The minimum Gasteiger partial charge on any atom is -0.380 e. The van der Waals surface area contributed by atoms with Gasteiger partial charge in [-0.1, -0.05) is 0 Å². The van der Waals surface area contributed by atoms with Crippen molar-refractivity contribution in [1.82, 2.24) is 19.7 Å². The molecule has 3 heterocycles. The summed E-state index contributed by atoms with van der Waals surface area (Å²) in [7, 11) is 1.93. The van der Waals surface area contributed by atoms with Gasteiger partial charge < -0.3 is 5.32 Å². The average Bonchev–Trinajstić information content (AvgIpc) is 2.95. The number of aryl methyl sites for hydroxylation is 1. The predicted molar refractivity (Wildman–Crippen MR) is 89.8 cm³/mol. The third-order valence-corrected chi connectivity index (χ3v) is 3.95. The summed E-state index contributed by atoms with van der Waals surface area (Å²) in [6.45, 7) is 0.700. The monoisotopic (exact) mass is 311 g/mol. The maximum Gasteiger partial charge on any atom is 0.0973 e. The summed E-state index contributed by atoms with van der Waals surface area (Å²) in [6, 6.07) is 8.00. The van der Waals surface area contributed by atoms with Crippen LogP contribution in [0.1, 0.15) is 5.56 Å². The van der Waals surface area contributed by atoms with Crippen molar-refractivity contribution in [2.24, 2.45) is 7.05 Å². The number of rotatable bonds is 5. The Kier molecular flexibility index (Phi) is 4.39. The molecule has 112 valence electrons. The van der Waals surface area contributed by atoms with Crippen molar-refractivity contribution >= 4 is 17.4 Å². The lowest BCUT2D eigenvalue weighted by atomic mass is 10.1. The summed E-state index contributed by atoms with van der Waals surface area (Å²) in [5.41, 5.74) is 4.19. The quantitative estimate of drug-likeness (QED) is 0.733. The summed E-state index contributed by atoms with van der Waals surface area (Å²) in [5.74, 6) is 0. The van der Waals surface area contributed by atoms with Crippen molar-refractivity contribution in [1.29, 1.82) is 0 Å². The summed E-state index contributed by atoms with van der Waals surface area (Å²) >= 11 is 1.64. The van der Waals surface area contributed by atoms with Gasteiger partial charge in [0.2, 0.25) is 0 Å². The van der Waals surface area contributed by atoms with Gasteiger partial charge in [-0.15, -0.1) is 11.8 Å². The fourth-order valence-corrected chi connectivity index (χ4v) is 2.58. The van der Waals surface area contributed by atoms with Crippen molar-refractivity contribution in [2.75, 3.05) is 11.6 Å². The number of anilines is 1. The highest BCUT2D eigenvalue weighted by Crippen LogP contribution is 2.22. The molecule has 0 atom stereocenters. The minimum atomic E-state index is 0.700. The van der Waals surface area contributed by atoms with Gasteiger partial charge in [-0.25, -0.2) is 4.98 Å². The van der Waals surface area contributed by atoms with E-state index < -0.39 is 0 Å². The fourth-order valence-electron chi connectivity index (χ4n) is 2.22. The van der Waals surface area contributed by atoms with Gasteiger partial charge in [-0.3, -0.25) is 9.67 Å². The Balaban J connectivity index is 1.77. The molecule has 3 aromatic rings. The summed E-state index contributed by atoms with van der Waals surface area (Å²) in [4.78, 5) is 8.42. The molecule has 0 spiro atoms. The van der Waals surface area contributed by atoms with Gasteiger partial charge in [0, 0.05) is 43.3 Å². The molecule has 22 heavy (non-hydrogen) atoms. The number of nitrogens with one attached hydrogen (secondary N) is 1. The molecule has 0 saturated carbocycles. The van der Waals surface area contributed by atoms with E-state index in [9.17, 15) is 0 Å². The van der Waals surface area contributed by atoms with Crippen LogP contribution in [0.3, 0.4) is 0 Å². The molecule has 0 unspecified atom stereocenters. The van der Waals surface area contributed by atoms with Crippen molar-refractivity contribution in [3.63, 3.8) is 0 Å².